The molecule has 0 atom stereocenters. The van der Waals surface area contributed by atoms with Gasteiger partial charge in [-0.05, 0) is 11.6 Å². The number of carbonyl (C=O) groups is 2. The van der Waals surface area contributed by atoms with Crippen molar-refractivity contribution < 1.29 is 18.4 Å². The summed E-state index contributed by atoms with van der Waals surface area (Å²) in [5, 5.41) is 2.04. The van der Waals surface area contributed by atoms with Crippen molar-refractivity contribution in [3.8, 4) is 10.4 Å². The molecule has 7 heteroatoms. The van der Waals surface area contributed by atoms with Gasteiger partial charge in [0.05, 0.1) is 5.56 Å². The topological polar surface area (TPSA) is 72.2 Å². The second-order valence-electron chi connectivity index (χ2n) is 3.87. The van der Waals surface area contributed by atoms with Gasteiger partial charge in [0.2, 0.25) is 0 Å². The first-order chi connectivity index (χ1) is 9.49. The highest BCUT2D eigenvalue weighted by molar-refractivity contribution is 7.20. The molecular weight excluding hydrogens is 286 g/mol. The van der Waals surface area contributed by atoms with Gasteiger partial charge in [-0.2, -0.15) is 8.78 Å². The molecule has 0 aliphatic rings. The Labute approximate surface area is 117 Å². The summed E-state index contributed by atoms with van der Waals surface area (Å²) < 4.78 is 24.5. The number of nitrogens with two attached hydrogens (primary N) is 1. The van der Waals surface area contributed by atoms with Crippen molar-refractivity contribution in [3.63, 3.8) is 0 Å². The van der Waals surface area contributed by atoms with Crippen molar-refractivity contribution in [2.45, 2.75) is 6.43 Å². The molecule has 0 saturated carbocycles. The van der Waals surface area contributed by atoms with E-state index in [0.717, 1.165) is 16.9 Å². The van der Waals surface area contributed by atoms with Crippen molar-refractivity contribution >= 4 is 28.2 Å². The number of thiophene rings is 1. The molecule has 4 nitrogen and oxygen atoms in total. The molecule has 104 valence electrons. The number of amides is 2. The maximum atomic E-state index is 12.3. The summed E-state index contributed by atoms with van der Waals surface area (Å²) in [7, 11) is 0. The van der Waals surface area contributed by atoms with E-state index in [0.29, 0.717) is 4.88 Å². The van der Waals surface area contributed by atoms with Gasteiger partial charge in [0.1, 0.15) is 5.00 Å². The summed E-state index contributed by atoms with van der Waals surface area (Å²) >= 11 is 1.02. The number of hydrogen-bond donors (Lipinski definition) is 2. The molecule has 0 fully saturated rings. The van der Waals surface area contributed by atoms with Gasteiger partial charge >= 0.3 is 6.43 Å². The van der Waals surface area contributed by atoms with Gasteiger partial charge in [-0.25, -0.2) is 0 Å². The summed E-state index contributed by atoms with van der Waals surface area (Å²) in [4.78, 5) is 23.0. The molecule has 2 rings (SSSR count). The van der Waals surface area contributed by atoms with E-state index >= 15 is 0 Å². The molecule has 0 radical (unpaired) electrons. The second-order valence-corrected chi connectivity index (χ2v) is 4.93. The first kappa shape index (κ1) is 14.1. The lowest BCUT2D eigenvalue weighted by Crippen LogP contribution is -2.21. The molecule has 1 aromatic carbocycles. The molecule has 0 aliphatic heterocycles. The van der Waals surface area contributed by atoms with Gasteiger partial charge in [0, 0.05) is 4.88 Å². The standard InChI is InChI=1S/C13H10F2N2O2S/c14-10(15)12(19)17-13-8(11(16)18)6-9(20-13)7-4-2-1-3-5-7/h1-6,10H,(H2,16,18)(H,17,19). The van der Waals surface area contributed by atoms with Crippen LogP contribution >= 0.6 is 11.3 Å². The number of rotatable bonds is 4. The molecule has 2 aromatic rings. The zero-order chi connectivity index (χ0) is 14.7. The Morgan fingerprint density at radius 3 is 2.40 bits per heavy atom. The summed E-state index contributed by atoms with van der Waals surface area (Å²) in [5.74, 6) is -2.25. The van der Waals surface area contributed by atoms with E-state index in [-0.39, 0.29) is 10.6 Å². The van der Waals surface area contributed by atoms with Gasteiger partial charge in [-0.1, -0.05) is 30.3 Å². The third-order valence-corrected chi connectivity index (χ3v) is 3.59. The zero-order valence-corrected chi connectivity index (χ0v) is 10.9. The smallest absolute Gasteiger partial charge is 0.315 e. The second kappa shape index (κ2) is 5.79. The van der Waals surface area contributed by atoms with Crippen LogP contribution in [0.25, 0.3) is 10.4 Å². The highest BCUT2D eigenvalue weighted by Crippen LogP contribution is 2.35. The van der Waals surface area contributed by atoms with Crippen LogP contribution in [-0.2, 0) is 4.79 Å². The molecule has 20 heavy (non-hydrogen) atoms. The van der Waals surface area contributed by atoms with Crippen molar-refractivity contribution in [1.82, 2.24) is 0 Å². The average Bonchev–Trinajstić information content (AvgIpc) is 2.83. The van der Waals surface area contributed by atoms with Crippen molar-refractivity contribution in [3.05, 3.63) is 42.0 Å². The van der Waals surface area contributed by atoms with Gasteiger partial charge < -0.3 is 11.1 Å². The third-order valence-electron chi connectivity index (χ3n) is 2.49. The van der Waals surface area contributed by atoms with Crippen LogP contribution in [-0.4, -0.2) is 18.2 Å². The molecule has 2 amide bonds. The van der Waals surface area contributed by atoms with Crippen LogP contribution < -0.4 is 11.1 Å². The minimum Gasteiger partial charge on any atom is -0.366 e. The van der Waals surface area contributed by atoms with Gasteiger partial charge in [0.15, 0.2) is 0 Å². The van der Waals surface area contributed by atoms with E-state index in [1.807, 2.05) is 11.4 Å². The van der Waals surface area contributed by atoms with E-state index in [2.05, 4.69) is 0 Å². The number of anilines is 1. The lowest BCUT2D eigenvalue weighted by molar-refractivity contribution is -0.126. The van der Waals surface area contributed by atoms with E-state index in [1.54, 1.807) is 24.3 Å². The SMILES string of the molecule is NC(=O)c1cc(-c2ccccc2)sc1NC(=O)C(F)F. The Bertz CT molecular complexity index is 641. The first-order valence-corrected chi connectivity index (χ1v) is 6.38. The van der Waals surface area contributed by atoms with Crippen molar-refractivity contribution in [1.29, 1.82) is 0 Å². The Morgan fingerprint density at radius 1 is 1.20 bits per heavy atom. The Kier molecular flexibility index (Phi) is 4.09. The fraction of sp³-hybridized carbons (Fsp3) is 0.0769. The van der Waals surface area contributed by atoms with Gasteiger partial charge in [0.25, 0.3) is 11.8 Å². The third kappa shape index (κ3) is 3.00. The average molecular weight is 296 g/mol. The van der Waals surface area contributed by atoms with Crippen LogP contribution in [0.3, 0.4) is 0 Å². The zero-order valence-electron chi connectivity index (χ0n) is 10.1. The molecule has 0 spiro atoms. The number of hydrogen-bond acceptors (Lipinski definition) is 3. The number of primary amides is 1. The maximum Gasteiger partial charge on any atom is 0.315 e. The molecule has 1 aromatic heterocycles. The first-order valence-electron chi connectivity index (χ1n) is 5.57. The predicted molar refractivity (Wildman–Crippen MR) is 72.9 cm³/mol. The van der Waals surface area contributed by atoms with E-state index in [1.165, 1.54) is 6.07 Å². The molecule has 1 heterocycles. The molecule has 0 aliphatic carbocycles. The number of nitrogens with one attached hydrogen (secondary N) is 1. The molecule has 0 unspecified atom stereocenters. The van der Waals surface area contributed by atoms with Crippen molar-refractivity contribution in [2.75, 3.05) is 5.32 Å². The van der Waals surface area contributed by atoms with Crippen LogP contribution in [0.1, 0.15) is 10.4 Å². The highest BCUT2D eigenvalue weighted by atomic mass is 32.1. The predicted octanol–water partition coefficient (Wildman–Crippen LogP) is 2.72. The van der Waals surface area contributed by atoms with Crippen molar-refractivity contribution in [2.24, 2.45) is 5.73 Å². The molecule has 0 saturated heterocycles. The highest BCUT2D eigenvalue weighted by Gasteiger charge is 2.21. The molecule has 3 N–H and O–H groups in total. The molecular formula is C13H10F2N2O2S. The Balaban J connectivity index is 2.39. The van der Waals surface area contributed by atoms with Crippen LogP contribution in [0.15, 0.2) is 36.4 Å². The lowest BCUT2D eigenvalue weighted by atomic mass is 10.1. The summed E-state index contributed by atoms with van der Waals surface area (Å²) in [6.45, 7) is 0. The normalized spacial score (nSPS) is 10.6. The van der Waals surface area contributed by atoms with Crippen LogP contribution in [0, 0.1) is 0 Å². The Morgan fingerprint density at radius 2 is 1.85 bits per heavy atom. The van der Waals surface area contributed by atoms with Gasteiger partial charge in [-0.15, -0.1) is 11.3 Å². The maximum absolute atomic E-state index is 12.3. The van der Waals surface area contributed by atoms with Gasteiger partial charge in [-0.3, -0.25) is 9.59 Å². The number of benzene rings is 1. The van der Waals surface area contributed by atoms with Crippen LogP contribution in [0.4, 0.5) is 13.8 Å². The summed E-state index contributed by atoms with van der Waals surface area (Å²) in [6.07, 6.45) is -3.15. The monoisotopic (exact) mass is 296 g/mol. The molecule has 0 bridgehead atoms. The summed E-state index contributed by atoms with van der Waals surface area (Å²) in [5.41, 5.74) is 6.01. The van der Waals surface area contributed by atoms with E-state index in [9.17, 15) is 18.4 Å². The fourth-order valence-corrected chi connectivity index (χ4v) is 2.65. The van der Waals surface area contributed by atoms with E-state index in [4.69, 9.17) is 5.73 Å². The number of alkyl halides is 2. The Hall–Kier alpha value is -2.28. The lowest BCUT2D eigenvalue weighted by Gasteiger charge is -2.02. The number of carbonyl (C=O) groups excluding carboxylic acids is 2. The van der Waals surface area contributed by atoms with E-state index < -0.39 is 18.2 Å². The number of halogens is 2. The quantitative estimate of drug-likeness (QED) is 0.910. The fourth-order valence-electron chi connectivity index (χ4n) is 1.58. The minimum absolute atomic E-state index is 0.0165. The summed E-state index contributed by atoms with van der Waals surface area (Å²) in [6, 6.07) is 10.5. The minimum atomic E-state index is -3.15. The van der Waals surface area contributed by atoms with Crippen LogP contribution in [0.2, 0.25) is 0 Å². The van der Waals surface area contributed by atoms with Crippen LogP contribution in [0.5, 0.6) is 0 Å². The largest absolute Gasteiger partial charge is 0.366 e.